The molecule has 27 heavy (non-hydrogen) atoms. The van der Waals surface area contributed by atoms with Crippen LogP contribution in [0.1, 0.15) is 16.8 Å². The molecule has 1 aromatic carbocycles. The smallest absolute Gasteiger partial charge is 0.254 e. The van der Waals surface area contributed by atoms with Gasteiger partial charge in [-0.15, -0.1) is 0 Å². The van der Waals surface area contributed by atoms with Gasteiger partial charge in [-0.3, -0.25) is 4.79 Å². The van der Waals surface area contributed by atoms with Gasteiger partial charge in [-0.25, -0.2) is 15.0 Å². The second-order valence-corrected chi connectivity index (χ2v) is 7.44. The number of pyridine rings is 1. The van der Waals surface area contributed by atoms with Crippen LogP contribution >= 0.6 is 11.6 Å². The Morgan fingerprint density at radius 2 is 2.00 bits per heavy atom. The first kappa shape index (κ1) is 17.8. The number of carbonyl (C=O) groups is 1. The minimum Gasteiger partial charge on any atom is -0.337 e. The predicted octanol–water partition coefficient (Wildman–Crippen LogP) is 3.12. The lowest BCUT2D eigenvalue weighted by Crippen LogP contribution is -2.34. The van der Waals surface area contributed by atoms with E-state index in [0.717, 1.165) is 36.0 Å². The zero-order valence-electron chi connectivity index (χ0n) is 15.3. The molecule has 1 atom stereocenters. The number of aromatic nitrogens is 3. The third kappa shape index (κ3) is 3.50. The third-order valence-corrected chi connectivity index (χ3v) is 5.27. The number of nitrogens with zero attached hydrogens (tertiary/aromatic N) is 5. The van der Waals surface area contributed by atoms with Gasteiger partial charge in [-0.05, 0) is 44.8 Å². The molecule has 1 aliphatic heterocycles. The zero-order chi connectivity index (χ0) is 19.0. The van der Waals surface area contributed by atoms with E-state index in [9.17, 15) is 4.79 Å². The summed E-state index contributed by atoms with van der Waals surface area (Å²) in [5, 5.41) is 1.35. The summed E-state index contributed by atoms with van der Waals surface area (Å²) in [7, 11) is 4.10. The van der Waals surface area contributed by atoms with Gasteiger partial charge in [0, 0.05) is 47.5 Å². The molecule has 0 aliphatic carbocycles. The second-order valence-electron chi connectivity index (χ2n) is 7.00. The first-order valence-corrected chi connectivity index (χ1v) is 9.22. The lowest BCUT2D eigenvalue weighted by molar-refractivity contribution is 0.0785. The average Bonchev–Trinajstić information content (AvgIpc) is 3.18. The number of likely N-dealkylation sites (tertiary alicyclic amines) is 1. The molecule has 0 radical (unpaired) electrons. The zero-order valence-corrected chi connectivity index (χ0v) is 16.0. The molecule has 2 aromatic heterocycles. The normalized spacial score (nSPS) is 17.0. The van der Waals surface area contributed by atoms with Gasteiger partial charge < -0.3 is 9.80 Å². The van der Waals surface area contributed by atoms with Crippen LogP contribution in [-0.4, -0.2) is 63.9 Å². The van der Waals surface area contributed by atoms with E-state index in [-0.39, 0.29) is 5.91 Å². The Morgan fingerprint density at radius 3 is 2.70 bits per heavy atom. The van der Waals surface area contributed by atoms with Crippen LogP contribution in [0.2, 0.25) is 5.02 Å². The predicted molar refractivity (Wildman–Crippen MR) is 106 cm³/mol. The van der Waals surface area contributed by atoms with Gasteiger partial charge in [0.1, 0.15) is 6.33 Å². The summed E-state index contributed by atoms with van der Waals surface area (Å²) < 4.78 is 0. The molecule has 3 heterocycles. The number of rotatable bonds is 3. The highest BCUT2D eigenvalue weighted by Crippen LogP contribution is 2.28. The maximum absolute atomic E-state index is 13.3. The summed E-state index contributed by atoms with van der Waals surface area (Å²) in [6.45, 7) is 1.47. The highest BCUT2D eigenvalue weighted by molar-refractivity contribution is 6.31. The lowest BCUT2D eigenvalue weighted by Gasteiger charge is -2.21. The number of hydrogen-bond donors (Lipinski definition) is 0. The van der Waals surface area contributed by atoms with Crippen LogP contribution < -0.4 is 0 Å². The van der Waals surface area contributed by atoms with E-state index in [1.807, 2.05) is 37.2 Å². The SMILES string of the molecule is CN(C)[C@@H]1CCN(C(=O)c2cc(-c3cncnc3)nc3ccc(Cl)cc23)C1. The number of halogens is 1. The molecule has 1 aliphatic rings. The quantitative estimate of drug-likeness (QED) is 0.697. The maximum Gasteiger partial charge on any atom is 0.254 e. The van der Waals surface area contributed by atoms with Gasteiger partial charge in [0.25, 0.3) is 5.91 Å². The molecule has 0 N–H and O–H groups in total. The largest absolute Gasteiger partial charge is 0.337 e. The number of benzene rings is 1. The van der Waals surface area contributed by atoms with Gasteiger partial charge in [0.2, 0.25) is 0 Å². The van der Waals surface area contributed by atoms with Crippen molar-refractivity contribution >= 4 is 28.4 Å². The standard InChI is InChI=1S/C20H20ClN5O/c1-25(2)15-5-6-26(11-15)20(27)17-8-19(13-9-22-12-23-10-13)24-18-4-3-14(21)7-16(17)18/h3-4,7-10,12,15H,5-6,11H2,1-2H3/t15-/m1/s1. The second kappa shape index (κ2) is 7.21. The molecule has 1 saturated heterocycles. The van der Waals surface area contributed by atoms with E-state index in [0.29, 0.717) is 22.3 Å². The van der Waals surface area contributed by atoms with Gasteiger partial charge >= 0.3 is 0 Å². The Kier molecular flexibility index (Phi) is 4.76. The van der Waals surface area contributed by atoms with Crippen LogP contribution in [0.3, 0.4) is 0 Å². The molecule has 1 amide bonds. The minimum absolute atomic E-state index is 0.00659. The average molecular weight is 382 g/mol. The number of carbonyl (C=O) groups excluding carboxylic acids is 1. The van der Waals surface area contributed by atoms with Crippen molar-refractivity contribution in [2.24, 2.45) is 0 Å². The molecule has 1 fully saturated rings. The summed E-state index contributed by atoms with van der Waals surface area (Å²) in [6.07, 6.45) is 5.84. The number of hydrogen-bond acceptors (Lipinski definition) is 5. The Balaban J connectivity index is 1.80. The van der Waals surface area contributed by atoms with Crippen LogP contribution in [0.15, 0.2) is 43.0 Å². The molecule has 6 nitrogen and oxygen atoms in total. The van der Waals surface area contributed by atoms with Crippen molar-refractivity contribution in [3.05, 3.63) is 53.6 Å². The number of fused-ring (bicyclic) bond motifs is 1. The summed E-state index contributed by atoms with van der Waals surface area (Å²) in [5.41, 5.74) is 2.79. The molecule has 3 aromatic rings. The van der Waals surface area contributed by atoms with Crippen LogP contribution in [0.4, 0.5) is 0 Å². The number of likely N-dealkylation sites (N-methyl/N-ethyl adjacent to an activating group) is 1. The van der Waals surface area contributed by atoms with Crippen LogP contribution in [0.5, 0.6) is 0 Å². The first-order chi connectivity index (χ1) is 13.0. The molecule has 0 spiro atoms. The van der Waals surface area contributed by atoms with E-state index in [2.05, 4.69) is 19.9 Å². The molecular weight excluding hydrogens is 362 g/mol. The Morgan fingerprint density at radius 1 is 1.22 bits per heavy atom. The van der Waals surface area contributed by atoms with E-state index < -0.39 is 0 Å². The molecule has 0 unspecified atom stereocenters. The van der Waals surface area contributed by atoms with Crippen molar-refractivity contribution in [2.45, 2.75) is 12.5 Å². The molecule has 4 rings (SSSR count). The Labute approximate surface area is 162 Å². The first-order valence-electron chi connectivity index (χ1n) is 8.84. The van der Waals surface area contributed by atoms with Gasteiger partial charge in [-0.2, -0.15) is 0 Å². The maximum atomic E-state index is 13.3. The van der Waals surface area contributed by atoms with Crippen LogP contribution in [-0.2, 0) is 0 Å². The van der Waals surface area contributed by atoms with E-state index in [1.165, 1.54) is 6.33 Å². The highest BCUT2D eigenvalue weighted by Gasteiger charge is 2.29. The highest BCUT2D eigenvalue weighted by atomic mass is 35.5. The molecular formula is C20H20ClN5O. The number of amides is 1. The third-order valence-electron chi connectivity index (χ3n) is 5.04. The Bertz CT molecular complexity index is 992. The fourth-order valence-corrected chi connectivity index (χ4v) is 3.64. The topological polar surface area (TPSA) is 62.2 Å². The van der Waals surface area contributed by atoms with Crippen molar-refractivity contribution in [1.29, 1.82) is 0 Å². The molecule has 0 saturated carbocycles. The van der Waals surface area contributed by atoms with Gasteiger partial charge in [0.05, 0.1) is 16.8 Å². The molecule has 138 valence electrons. The van der Waals surface area contributed by atoms with E-state index in [1.54, 1.807) is 18.5 Å². The van der Waals surface area contributed by atoms with Crippen molar-refractivity contribution in [2.75, 3.05) is 27.2 Å². The van der Waals surface area contributed by atoms with Gasteiger partial charge in [0.15, 0.2) is 0 Å². The summed E-state index contributed by atoms with van der Waals surface area (Å²) >= 11 is 6.20. The fourth-order valence-electron chi connectivity index (χ4n) is 3.47. The Hall–Kier alpha value is -2.57. The minimum atomic E-state index is 0.00659. The van der Waals surface area contributed by atoms with Crippen molar-refractivity contribution in [1.82, 2.24) is 24.8 Å². The van der Waals surface area contributed by atoms with Crippen molar-refractivity contribution in [3.63, 3.8) is 0 Å². The van der Waals surface area contributed by atoms with Crippen LogP contribution in [0.25, 0.3) is 22.2 Å². The van der Waals surface area contributed by atoms with Crippen LogP contribution in [0, 0.1) is 0 Å². The summed E-state index contributed by atoms with van der Waals surface area (Å²) in [6, 6.07) is 7.64. The van der Waals surface area contributed by atoms with E-state index in [4.69, 9.17) is 11.6 Å². The fraction of sp³-hybridized carbons (Fsp3) is 0.300. The monoisotopic (exact) mass is 381 g/mol. The van der Waals surface area contributed by atoms with Crippen molar-refractivity contribution < 1.29 is 4.79 Å². The molecule has 0 bridgehead atoms. The summed E-state index contributed by atoms with van der Waals surface area (Å²) in [4.78, 5) is 30.2. The molecule has 7 heteroatoms. The van der Waals surface area contributed by atoms with Gasteiger partial charge in [-0.1, -0.05) is 11.6 Å². The summed E-state index contributed by atoms with van der Waals surface area (Å²) in [5.74, 6) is 0.00659. The van der Waals surface area contributed by atoms with Crippen molar-refractivity contribution in [3.8, 4) is 11.3 Å². The lowest BCUT2D eigenvalue weighted by atomic mass is 10.0. The van der Waals surface area contributed by atoms with E-state index >= 15 is 0 Å².